The first-order valence-corrected chi connectivity index (χ1v) is 11.0. The molecule has 0 amide bonds. The highest BCUT2D eigenvalue weighted by molar-refractivity contribution is 5.34. The summed E-state index contributed by atoms with van der Waals surface area (Å²) in [7, 11) is 0. The maximum atomic E-state index is 13.6. The fourth-order valence-corrected chi connectivity index (χ4v) is 4.07. The molecule has 3 atom stereocenters. The van der Waals surface area contributed by atoms with E-state index in [9.17, 15) is 35.5 Å². The van der Waals surface area contributed by atoms with E-state index < -0.39 is 53.4 Å². The molecule has 1 saturated heterocycles. The Balaban J connectivity index is 1.66. The van der Waals surface area contributed by atoms with Crippen molar-refractivity contribution in [3.8, 4) is 0 Å². The second-order valence-corrected chi connectivity index (χ2v) is 8.45. The minimum atomic E-state index is -5.01. The van der Waals surface area contributed by atoms with E-state index in [0.29, 0.717) is 24.2 Å². The van der Waals surface area contributed by atoms with Gasteiger partial charge in [-0.1, -0.05) is 12.1 Å². The van der Waals surface area contributed by atoms with Crippen LogP contribution in [0, 0.1) is 5.82 Å². The first-order chi connectivity index (χ1) is 17.3. The van der Waals surface area contributed by atoms with Gasteiger partial charge in [0.1, 0.15) is 11.6 Å². The summed E-state index contributed by atoms with van der Waals surface area (Å²) in [5, 5.41) is 6.10. The first-order valence-electron chi connectivity index (χ1n) is 11.0. The van der Waals surface area contributed by atoms with E-state index in [4.69, 9.17) is 9.47 Å². The average molecular weight is 536 g/mol. The molecule has 37 heavy (non-hydrogen) atoms. The summed E-state index contributed by atoms with van der Waals surface area (Å²) in [6, 6.07) is 5.79. The van der Waals surface area contributed by atoms with Gasteiger partial charge < -0.3 is 9.47 Å². The maximum absolute atomic E-state index is 13.6. The number of H-pyrrole nitrogens is 2. The third-order valence-electron chi connectivity index (χ3n) is 5.84. The van der Waals surface area contributed by atoms with Crippen LogP contribution in [-0.2, 0) is 28.4 Å². The number of benzene rings is 2. The molecule has 0 bridgehead atoms. The van der Waals surface area contributed by atoms with Crippen molar-refractivity contribution in [2.45, 2.75) is 44.3 Å². The van der Waals surface area contributed by atoms with Gasteiger partial charge in [0.25, 0.3) is 0 Å². The highest BCUT2D eigenvalue weighted by Crippen LogP contribution is 2.39. The standard InChI is InChI=1S/C23H21F7N4O3/c1-12(14-8-15(22(25,26)27)10-16(9-14)23(28,29)30)37-20-19(13-2-4-17(24)5-3-13)34(6-7-36-20)11-18-31-21(35)33-32-18/h2-5,8-10,12,19-20H,6-7,11H2,1H3,(H2,31,32,33,35)/t12-,19+,20-/m1/s1/i1+2. The van der Waals surface area contributed by atoms with Crippen LogP contribution in [-0.4, -0.2) is 39.5 Å². The molecule has 1 aromatic heterocycles. The Bertz CT molecular complexity index is 1240. The van der Waals surface area contributed by atoms with Gasteiger partial charge in [-0.05, 0) is 48.4 Å². The van der Waals surface area contributed by atoms with Gasteiger partial charge in [-0.2, -0.15) is 31.4 Å². The summed E-state index contributed by atoms with van der Waals surface area (Å²) in [6.45, 7) is 1.82. The topological polar surface area (TPSA) is 83.2 Å². The fourth-order valence-electron chi connectivity index (χ4n) is 4.07. The van der Waals surface area contributed by atoms with Crippen molar-refractivity contribution in [1.82, 2.24) is 20.1 Å². The summed E-state index contributed by atoms with van der Waals surface area (Å²) in [5.41, 5.74) is -3.30. The molecule has 14 heteroatoms. The largest absolute Gasteiger partial charge is 0.416 e. The molecule has 1 fully saturated rings. The zero-order chi connectivity index (χ0) is 27.0. The molecule has 3 aromatic rings. The van der Waals surface area contributed by atoms with Crippen LogP contribution in [0.2, 0.25) is 0 Å². The van der Waals surface area contributed by atoms with Gasteiger partial charge in [0.15, 0.2) is 6.29 Å². The highest BCUT2D eigenvalue weighted by atomic mass is 19.4. The number of rotatable bonds is 6. The van der Waals surface area contributed by atoms with Crippen LogP contribution in [0.4, 0.5) is 30.7 Å². The van der Waals surface area contributed by atoms with E-state index in [1.807, 2.05) is 0 Å². The van der Waals surface area contributed by atoms with Gasteiger partial charge in [0.2, 0.25) is 0 Å². The van der Waals surface area contributed by atoms with Crippen molar-refractivity contribution in [2.75, 3.05) is 13.2 Å². The second-order valence-electron chi connectivity index (χ2n) is 8.45. The molecule has 200 valence electrons. The minimum Gasteiger partial charge on any atom is -0.349 e. The zero-order valence-electron chi connectivity index (χ0n) is 19.2. The average Bonchev–Trinajstić information content (AvgIpc) is 3.23. The Labute approximate surface area is 205 Å². The number of halogens is 7. The van der Waals surface area contributed by atoms with Crippen molar-refractivity contribution < 1.29 is 40.2 Å². The fraction of sp³-hybridized carbons (Fsp3) is 0.391. The van der Waals surface area contributed by atoms with Crippen molar-refractivity contribution >= 4 is 0 Å². The molecule has 2 aromatic carbocycles. The summed E-state index contributed by atoms with van der Waals surface area (Å²) in [6.07, 6.45) is -12.4. The quantitative estimate of drug-likeness (QED) is 0.436. The first kappa shape index (κ1) is 26.8. The van der Waals surface area contributed by atoms with Gasteiger partial charge >= 0.3 is 18.0 Å². The van der Waals surface area contributed by atoms with Crippen LogP contribution < -0.4 is 5.69 Å². The Hall–Kier alpha value is -3.23. The molecule has 0 saturated carbocycles. The molecular formula is C23H21F7N4O3. The summed E-state index contributed by atoms with van der Waals surface area (Å²) >= 11 is 0. The lowest BCUT2D eigenvalue weighted by Gasteiger charge is -2.41. The van der Waals surface area contributed by atoms with Gasteiger partial charge in [0, 0.05) is 6.54 Å². The number of alkyl halides is 6. The number of nitrogens with zero attached hydrogens (tertiary/aromatic N) is 2. The van der Waals surface area contributed by atoms with Crippen LogP contribution in [0.15, 0.2) is 47.3 Å². The van der Waals surface area contributed by atoms with Crippen molar-refractivity contribution in [3.05, 3.63) is 86.8 Å². The van der Waals surface area contributed by atoms with E-state index >= 15 is 0 Å². The third kappa shape index (κ3) is 6.37. The zero-order valence-corrected chi connectivity index (χ0v) is 19.2. The van der Waals surface area contributed by atoms with Crippen LogP contribution in [0.3, 0.4) is 0 Å². The predicted octanol–water partition coefficient (Wildman–Crippen LogP) is 4.95. The molecule has 1 aliphatic heterocycles. The van der Waals surface area contributed by atoms with Crippen LogP contribution in [0.25, 0.3) is 0 Å². The van der Waals surface area contributed by atoms with Crippen LogP contribution >= 0.6 is 0 Å². The van der Waals surface area contributed by atoms with Crippen LogP contribution in [0.5, 0.6) is 0 Å². The molecule has 7 nitrogen and oxygen atoms in total. The van der Waals surface area contributed by atoms with E-state index in [-0.39, 0.29) is 30.6 Å². The minimum absolute atomic E-state index is 0.0427. The summed E-state index contributed by atoms with van der Waals surface area (Å²) in [5.74, 6) is -0.239. The number of aromatic nitrogens is 3. The Morgan fingerprint density at radius 2 is 1.70 bits per heavy atom. The van der Waals surface area contributed by atoms with Gasteiger partial charge in [-0.3, -0.25) is 9.88 Å². The van der Waals surface area contributed by atoms with Gasteiger partial charge in [-0.15, -0.1) is 0 Å². The van der Waals surface area contributed by atoms with Crippen molar-refractivity contribution in [1.29, 1.82) is 0 Å². The Morgan fingerprint density at radius 1 is 1.08 bits per heavy atom. The number of ether oxygens (including phenoxy) is 2. The maximum Gasteiger partial charge on any atom is 0.416 e. The second kappa shape index (κ2) is 10.3. The third-order valence-corrected chi connectivity index (χ3v) is 5.84. The number of morpholine rings is 1. The van der Waals surface area contributed by atoms with Crippen molar-refractivity contribution in [2.24, 2.45) is 0 Å². The van der Waals surface area contributed by atoms with Gasteiger partial charge in [0.05, 0.1) is 36.4 Å². The number of nitrogens with one attached hydrogen (secondary N) is 2. The lowest BCUT2D eigenvalue weighted by molar-refractivity contribution is -0.231. The smallest absolute Gasteiger partial charge is 0.349 e. The lowest BCUT2D eigenvalue weighted by atomic mass is 10.0. The van der Waals surface area contributed by atoms with E-state index in [2.05, 4.69) is 15.2 Å². The van der Waals surface area contributed by atoms with E-state index in [1.165, 1.54) is 31.2 Å². The van der Waals surface area contributed by atoms with Gasteiger partial charge in [-0.25, -0.2) is 14.3 Å². The van der Waals surface area contributed by atoms with E-state index in [0.717, 1.165) is 0 Å². The monoisotopic (exact) mass is 536 g/mol. The molecule has 0 unspecified atom stereocenters. The van der Waals surface area contributed by atoms with Crippen molar-refractivity contribution in [3.63, 3.8) is 0 Å². The normalized spacial score (nSPS) is 20.2. The summed E-state index contributed by atoms with van der Waals surface area (Å²) < 4.78 is 105. The number of aromatic amines is 2. The number of hydrogen-bond donors (Lipinski definition) is 2. The Morgan fingerprint density at radius 3 is 2.24 bits per heavy atom. The molecule has 0 spiro atoms. The Kier molecular flexibility index (Phi) is 7.44. The molecule has 2 N–H and O–H groups in total. The molecule has 2 heterocycles. The van der Waals surface area contributed by atoms with E-state index in [1.54, 1.807) is 4.90 Å². The summed E-state index contributed by atoms with van der Waals surface area (Å²) in [4.78, 5) is 15.7. The van der Waals surface area contributed by atoms with Crippen LogP contribution in [0.1, 0.15) is 47.1 Å². The SMILES string of the molecule is [14CH3][C@@H](O[C@H]1OCCN(Cc2n[nH]c(=O)[nH]2)[C@H]1c1ccc(F)cc1)c1cc(C(F)(F)F)cc(C(F)(F)F)c1. The molecule has 0 aliphatic carbocycles. The lowest BCUT2D eigenvalue weighted by Crippen LogP contribution is -2.46. The molecule has 1 aliphatic rings. The molecule has 0 radical (unpaired) electrons. The predicted molar refractivity (Wildman–Crippen MR) is 114 cm³/mol. The molecule has 4 rings (SSSR count). The number of hydrogen-bond acceptors (Lipinski definition) is 5. The highest BCUT2D eigenvalue weighted by Gasteiger charge is 2.39. The molecular weight excluding hydrogens is 515 g/mol.